The number of likely N-dealkylation sites (N-methyl/N-ethyl adjacent to an activating group) is 1. The number of halogens is 2. The summed E-state index contributed by atoms with van der Waals surface area (Å²) in [6, 6.07) is 5.82. The molecule has 18 heavy (non-hydrogen) atoms. The number of benzene rings is 1. The highest BCUT2D eigenvalue weighted by Gasteiger charge is 2.17. The molecule has 1 atom stereocenters. The van der Waals surface area contributed by atoms with E-state index in [1.807, 2.05) is 12.1 Å². The highest BCUT2D eigenvalue weighted by Crippen LogP contribution is 2.17. The fourth-order valence-corrected chi connectivity index (χ4v) is 2.86. The molecule has 4 heteroatoms. The van der Waals surface area contributed by atoms with Gasteiger partial charge in [0.05, 0.1) is 4.47 Å². The largest absolute Gasteiger partial charge is 0.311 e. The van der Waals surface area contributed by atoms with Gasteiger partial charge in [-0.05, 0) is 60.1 Å². The lowest BCUT2D eigenvalue weighted by Crippen LogP contribution is -2.42. The Morgan fingerprint density at radius 3 is 3.00 bits per heavy atom. The molecule has 1 aliphatic rings. The molecule has 1 aliphatic heterocycles. The van der Waals surface area contributed by atoms with Crippen LogP contribution < -0.4 is 5.32 Å². The standard InChI is InChI=1S/C14H20BrFN2/c1-18-7-3-2-4-12(18)10-17-9-11-5-6-14(16)13(15)8-11/h5-6,8,12,17H,2-4,7,9-10H2,1H3. The number of hydrogen-bond donors (Lipinski definition) is 1. The molecule has 2 rings (SSSR count). The minimum absolute atomic E-state index is 0.203. The van der Waals surface area contributed by atoms with Crippen molar-refractivity contribution >= 4 is 15.9 Å². The molecule has 1 aromatic rings. The minimum atomic E-state index is -0.203. The molecule has 1 heterocycles. The van der Waals surface area contributed by atoms with Gasteiger partial charge in [-0.1, -0.05) is 12.5 Å². The second kappa shape index (κ2) is 6.64. The molecule has 0 saturated carbocycles. The molecule has 1 saturated heterocycles. The second-order valence-electron chi connectivity index (χ2n) is 5.01. The number of hydrogen-bond acceptors (Lipinski definition) is 2. The van der Waals surface area contributed by atoms with E-state index < -0.39 is 0 Å². The van der Waals surface area contributed by atoms with E-state index in [2.05, 4.69) is 33.2 Å². The molecule has 0 aromatic heterocycles. The summed E-state index contributed by atoms with van der Waals surface area (Å²) < 4.78 is 13.6. The molecular formula is C14H20BrFN2. The Hall–Kier alpha value is -0.450. The number of nitrogens with one attached hydrogen (secondary N) is 1. The van der Waals surface area contributed by atoms with Crippen LogP contribution in [0.25, 0.3) is 0 Å². The van der Waals surface area contributed by atoms with Crippen LogP contribution in [0.5, 0.6) is 0 Å². The SMILES string of the molecule is CN1CCCCC1CNCc1ccc(F)c(Br)c1. The van der Waals surface area contributed by atoms with E-state index >= 15 is 0 Å². The van der Waals surface area contributed by atoms with E-state index in [-0.39, 0.29) is 5.82 Å². The molecule has 0 amide bonds. The number of nitrogens with zero attached hydrogens (tertiary/aromatic N) is 1. The summed E-state index contributed by atoms with van der Waals surface area (Å²) in [6.45, 7) is 3.00. The molecule has 0 spiro atoms. The molecule has 2 nitrogen and oxygen atoms in total. The average Bonchev–Trinajstić information content (AvgIpc) is 2.36. The van der Waals surface area contributed by atoms with Gasteiger partial charge < -0.3 is 10.2 Å². The van der Waals surface area contributed by atoms with Gasteiger partial charge in [0.1, 0.15) is 5.82 Å². The maximum absolute atomic E-state index is 13.1. The zero-order valence-electron chi connectivity index (χ0n) is 10.8. The first-order valence-electron chi connectivity index (χ1n) is 6.51. The Labute approximate surface area is 117 Å². The van der Waals surface area contributed by atoms with Crippen molar-refractivity contribution in [1.29, 1.82) is 0 Å². The van der Waals surface area contributed by atoms with Crippen LogP contribution in [0.3, 0.4) is 0 Å². The van der Waals surface area contributed by atoms with Crippen molar-refractivity contribution in [1.82, 2.24) is 10.2 Å². The maximum Gasteiger partial charge on any atom is 0.137 e. The first-order chi connectivity index (χ1) is 8.66. The summed E-state index contributed by atoms with van der Waals surface area (Å²) in [5.74, 6) is -0.203. The van der Waals surface area contributed by atoms with Crippen LogP contribution in [0.1, 0.15) is 24.8 Å². The molecule has 1 N–H and O–H groups in total. The Morgan fingerprint density at radius 2 is 2.28 bits per heavy atom. The van der Waals surface area contributed by atoms with Gasteiger partial charge in [0.25, 0.3) is 0 Å². The molecule has 100 valence electrons. The quantitative estimate of drug-likeness (QED) is 0.918. The first kappa shape index (κ1) is 14.0. The van der Waals surface area contributed by atoms with Crippen LogP contribution in [0.2, 0.25) is 0 Å². The van der Waals surface area contributed by atoms with Crippen molar-refractivity contribution in [3.63, 3.8) is 0 Å². The number of piperidine rings is 1. The van der Waals surface area contributed by atoms with Crippen molar-refractivity contribution in [3.05, 3.63) is 34.1 Å². The summed E-state index contributed by atoms with van der Waals surface area (Å²) in [5.41, 5.74) is 1.11. The molecule has 0 aliphatic carbocycles. The van der Waals surface area contributed by atoms with E-state index in [1.54, 1.807) is 0 Å². The summed E-state index contributed by atoms with van der Waals surface area (Å²) in [7, 11) is 2.19. The van der Waals surface area contributed by atoms with Crippen LogP contribution in [-0.2, 0) is 6.54 Å². The lowest BCUT2D eigenvalue weighted by Gasteiger charge is -2.32. The van der Waals surface area contributed by atoms with Crippen LogP contribution in [0.15, 0.2) is 22.7 Å². The number of rotatable bonds is 4. The van der Waals surface area contributed by atoms with Gasteiger partial charge in [0.2, 0.25) is 0 Å². The van der Waals surface area contributed by atoms with E-state index in [0.717, 1.165) is 18.7 Å². The van der Waals surface area contributed by atoms with E-state index in [1.165, 1.54) is 31.9 Å². The van der Waals surface area contributed by atoms with Crippen molar-refractivity contribution in [2.24, 2.45) is 0 Å². The minimum Gasteiger partial charge on any atom is -0.311 e. The van der Waals surface area contributed by atoms with Gasteiger partial charge in [-0.15, -0.1) is 0 Å². The lowest BCUT2D eigenvalue weighted by molar-refractivity contribution is 0.181. The fourth-order valence-electron chi connectivity index (χ4n) is 2.43. The molecule has 1 aromatic carbocycles. The van der Waals surface area contributed by atoms with Crippen molar-refractivity contribution in [3.8, 4) is 0 Å². The summed E-state index contributed by atoms with van der Waals surface area (Å²) in [4.78, 5) is 2.43. The van der Waals surface area contributed by atoms with Crippen LogP contribution >= 0.6 is 15.9 Å². The fraction of sp³-hybridized carbons (Fsp3) is 0.571. The Kier molecular flexibility index (Phi) is 5.15. The predicted octanol–water partition coefficient (Wildman–Crippen LogP) is 3.16. The van der Waals surface area contributed by atoms with E-state index in [9.17, 15) is 4.39 Å². The van der Waals surface area contributed by atoms with Gasteiger partial charge >= 0.3 is 0 Å². The molecule has 0 radical (unpaired) electrons. The van der Waals surface area contributed by atoms with Gasteiger partial charge in [-0.3, -0.25) is 0 Å². The third kappa shape index (κ3) is 3.77. The molecule has 1 fully saturated rings. The third-order valence-electron chi connectivity index (χ3n) is 3.61. The average molecular weight is 315 g/mol. The zero-order valence-corrected chi connectivity index (χ0v) is 12.3. The van der Waals surface area contributed by atoms with Crippen molar-refractivity contribution in [2.75, 3.05) is 20.1 Å². The first-order valence-corrected chi connectivity index (χ1v) is 7.31. The van der Waals surface area contributed by atoms with Gasteiger partial charge in [0.15, 0.2) is 0 Å². The second-order valence-corrected chi connectivity index (χ2v) is 5.86. The Morgan fingerprint density at radius 1 is 1.44 bits per heavy atom. The van der Waals surface area contributed by atoms with Crippen LogP contribution in [0, 0.1) is 5.82 Å². The maximum atomic E-state index is 13.1. The highest BCUT2D eigenvalue weighted by molar-refractivity contribution is 9.10. The normalized spacial score (nSPS) is 21.2. The van der Waals surface area contributed by atoms with Crippen LogP contribution in [0.4, 0.5) is 4.39 Å². The molecular weight excluding hydrogens is 295 g/mol. The summed E-state index contributed by atoms with van der Waals surface area (Å²) >= 11 is 3.21. The molecule has 1 unspecified atom stereocenters. The van der Waals surface area contributed by atoms with E-state index in [0.29, 0.717) is 10.5 Å². The third-order valence-corrected chi connectivity index (χ3v) is 4.22. The lowest BCUT2D eigenvalue weighted by atomic mass is 10.0. The summed E-state index contributed by atoms with van der Waals surface area (Å²) in [6.07, 6.45) is 3.92. The van der Waals surface area contributed by atoms with Gasteiger partial charge in [-0.25, -0.2) is 4.39 Å². The van der Waals surface area contributed by atoms with Gasteiger partial charge in [-0.2, -0.15) is 0 Å². The van der Waals surface area contributed by atoms with Crippen molar-refractivity contribution in [2.45, 2.75) is 31.8 Å². The smallest absolute Gasteiger partial charge is 0.137 e. The number of likely N-dealkylation sites (tertiary alicyclic amines) is 1. The topological polar surface area (TPSA) is 15.3 Å². The Balaban J connectivity index is 1.79. The van der Waals surface area contributed by atoms with Gasteiger partial charge in [0, 0.05) is 19.1 Å². The van der Waals surface area contributed by atoms with Crippen LogP contribution in [-0.4, -0.2) is 31.1 Å². The summed E-state index contributed by atoms with van der Waals surface area (Å²) in [5, 5.41) is 3.46. The predicted molar refractivity (Wildman–Crippen MR) is 76.1 cm³/mol. The highest BCUT2D eigenvalue weighted by atomic mass is 79.9. The Bertz CT molecular complexity index is 397. The zero-order chi connectivity index (χ0) is 13.0. The van der Waals surface area contributed by atoms with E-state index in [4.69, 9.17) is 0 Å². The molecule has 0 bridgehead atoms. The van der Waals surface area contributed by atoms with Crippen molar-refractivity contribution < 1.29 is 4.39 Å². The monoisotopic (exact) mass is 314 g/mol.